The maximum atomic E-state index is 13.5. The third-order valence-electron chi connectivity index (χ3n) is 5.62. The summed E-state index contributed by atoms with van der Waals surface area (Å²) in [5.74, 6) is 1.34. The van der Waals surface area contributed by atoms with E-state index in [2.05, 4.69) is 56.7 Å². The quantitative estimate of drug-likeness (QED) is 0.484. The number of hydrogen-bond donors (Lipinski definition) is 2. The van der Waals surface area contributed by atoms with Gasteiger partial charge in [-0.05, 0) is 47.7 Å². The Kier molecular flexibility index (Phi) is 9.18. The minimum atomic E-state index is -0.189. The van der Waals surface area contributed by atoms with Crippen LogP contribution in [0, 0.1) is 5.82 Å². The number of nitrogens with zero attached hydrogens (tertiary/aromatic N) is 3. The topological polar surface area (TPSA) is 42.9 Å². The summed E-state index contributed by atoms with van der Waals surface area (Å²) in [5, 5.41) is 6.71. The van der Waals surface area contributed by atoms with E-state index in [9.17, 15) is 4.39 Å². The molecule has 0 aromatic heterocycles. The Labute approximate surface area is 190 Å². The number of likely N-dealkylation sites (N-methyl/N-ethyl adjacent to an activating group) is 1. The molecule has 1 aliphatic rings. The molecular formula is C24H34FN5S. The Hall–Kier alpha value is -2.09. The molecule has 168 valence electrons. The van der Waals surface area contributed by atoms with Gasteiger partial charge in [0.15, 0.2) is 5.96 Å². The van der Waals surface area contributed by atoms with E-state index in [0.29, 0.717) is 13.1 Å². The second-order valence-electron chi connectivity index (χ2n) is 8.02. The monoisotopic (exact) mass is 443 g/mol. The number of halogens is 1. The van der Waals surface area contributed by atoms with Crippen LogP contribution in [-0.2, 0) is 25.4 Å². The average Bonchev–Trinajstić information content (AvgIpc) is 2.78. The lowest BCUT2D eigenvalue weighted by Crippen LogP contribution is -2.43. The van der Waals surface area contributed by atoms with Crippen molar-refractivity contribution in [2.75, 3.05) is 46.5 Å². The molecule has 2 N–H and O–H groups in total. The van der Waals surface area contributed by atoms with Crippen LogP contribution in [0.5, 0.6) is 0 Å². The normalized spacial score (nSPS) is 15.8. The van der Waals surface area contributed by atoms with Gasteiger partial charge in [0, 0.05) is 58.6 Å². The van der Waals surface area contributed by atoms with E-state index in [1.165, 1.54) is 17.2 Å². The predicted molar refractivity (Wildman–Crippen MR) is 130 cm³/mol. The molecule has 1 saturated heterocycles. The first kappa shape index (κ1) is 23.6. The molecule has 0 spiro atoms. The van der Waals surface area contributed by atoms with Crippen molar-refractivity contribution in [1.82, 2.24) is 20.4 Å². The van der Waals surface area contributed by atoms with Gasteiger partial charge in [-0.25, -0.2) is 4.39 Å². The van der Waals surface area contributed by atoms with Gasteiger partial charge in [-0.15, -0.1) is 0 Å². The van der Waals surface area contributed by atoms with Crippen LogP contribution in [-0.4, -0.2) is 62.3 Å². The molecule has 1 aliphatic heterocycles. The predicted octanol–water partition coefficient (Wildman–Crippen LogP) is 3.30. The van der Waals surface area contributed by atoms with E-state index >= 15 is 0 Å². The standard InChI is InChI=1S/C24H34FN5S/c1-26-24(28-16-21-8-9-23(25)14-22(21)18-31-3)27-15-19-4-6-20(7-5-19)17-30-12-10-29(2)11-13-30/h4-9,14H,10-13,15-18H2,1-3H3,(H2,26,27,28). The fraction of sp³-hybridized carbons (Fsp3) is 0.458. The first-order valence-electron chi connectivity index (χ1n) is 10.8. The molecule has 0 atom stereocenters. The summed E-state index contributed by atoms with van der Waals surface area (Å²) < 4.78 is 13.5. The van der Waals surface area contributed by atoms with Gasteiger partial charge in [-0.2, -0.15) is 11.8 Å². The molecule has 0 bridgehead atoms. The van der Waals surface area contributed by atoms with Gasteiger partial charge in [0.2, 0.25) is 0 Å². The second-order valence-corrected chi connectivity index (χ2v) is 8.89. The lowest BCUT2D eigenvalue weighted by Gasteiger charge is -2.32. The van der Waals surface area contributed by atoms with E-state index < -0.39 is 0 Å². The van der Waals surface area contributed by atoms with Gasteiger partial charge in [0.25, 0.3) is 0 Å². The molecule has 7 heteroatoms. The third-order valence-corrected chi connectivity index (χ3v) is 6.22. The van der Waals surface area contributed by atoms with Crippen molar-refractivity contribution in [3.63, 3.8) is 0 Å². The van der Waals surface area contributed by atoms with E-state index in [1.807, 2.05) is 12.3 Å². The van der Waals surface area contributed by atoms with Crippen molar-refractivity contribution in [3.8, 4) is 0 Å². The Morgan fingerprint density at radius 3 is 2.32 bits per heavy atom. The zero-order valence-electron chi connectivity index (χ0n) is 18.8. The first-order chi connectivity index (χ1) is 15.1. The van der Waals surface area contributed by atoms with Crippen LogP contribution in [0.4, 0.5) is 4.39 Å². The summed E-state index contributed by atoms with van der Waals surface area (Å²) >= 11 is 1.69. The summed E-state index contributed by atoms with van der Waals surface area (Å²) in [6, 6.07) is 13.8. The molecule has 2 aromatic carbocycles. The zero-order valence-corrected chi connectivity index (χ0v) is 19.6. The van der Waals surface area contributed by atoms with Crippen molar-refractivity contribution in [1.29, 1.82) is 0 Å². The maximum absolute atomic E-state index is 13.5. The van der Waals surface area contributed by atoms with Crippen LogP contribution in [0.2, 0.25) is 0 Å². The molecule has 5 nitrogen and oxygen atoms in total. The maximum Gasteiger partial charge on any atom is 0.191 e. The number of benzene rings is 2. The number of hydrogen-bond acceptors (Lipinski definition) is 4. The second kappa shape index (κ2) is 12.1. The van der Waals surface area contributed by atoms with E-state index in [0.717, 1.165) is 55.6 Å². The minimum absolute atomic E-state index is 0.189. The lowest BCUT2D eigenvalue weighted by molar-refractivity contribution is 0.148. The Morgan fingerprint density at radius 2 is 1.65 bits per heavy atom. The van der Waals surface area contributed by atoms with Crippen molar-refractivity contribution >= 4 is 17.7 Å². The number of thioether (sulfide) groups is 1. The van der Waals surface area contributed by atoms with Gasteiger partial charge >= 0.3 is 0 Å². The Bertz CT molecular complexity index is 848. The Morgan fingerprint density at radius 1 is 0.968 bits per heavy atom. The largest absolute Gasteiger partial charge is 0.352 e. The van der Waals surface area contributed by atoms with Crippen molar-refractivity contribution in [2.24, 2.45) is 4.99 Å². The summed E-state index contributed by atoms with van der Waals surface area (Å²) in [6.07, 6.45) is 2.03. The van der Waals surface area contributed by atoms with Crippen LogP contribution in [0.3, 0.4) is 0 Å². The summed E-state index contributed by atoms with van der Waals surface area (Å²) in [4.78, 5) is 9.21. The molecule has 0 radical (unpaired) electrons. The average molecular weight is 444 g/mol. The van der Waals surface area contributed by atoms with Crippen molar-refractivity contribution < 1.29 is 4.39 Å². The first-order valence-corrected chi connectivity index (χ1v) is 12.2. The smallest absolute Gasteiger partial charge is 0.191 e. The number of aliphatic imine (C=N–C) groups is 1. The molecule has 0 unspecified atom stereocenters. The highest BCUT2D eigenvalue weighted by Crippen LogP contribution is 2.16. The number of guanidine groups is 1. The van der Waals surface area contributed by atoms with Crippen LogP contribution in [0.25, 0.3) is 0 Å². The lowest BCUT2D eigenvalue weighted by atomic mass is 10.1. The fourth-order valence-corrected chi connectivity index (χ4v) is 4.25. The molecule has 0 saturated carbocycles. The van der Waals surface area contributed by atoms with Crippen LogP contribution >= 0.6 is 11.8 Å². The zero-order chi connectivity index (χ0) is 22.1. The number of rotatable bonds is 8. The van der Waals surface area contributed by atoms with E-state index in [-0.39, 0.29) is 5.82 Å². The molecule has 2 aromatic rings. The summed E-state index contributed by atoms with van der Waals surface area (Å²) in [7, 11) is 3.95. The Balaban J connectivity index is 1.47. The van der Waals surface area contributed by atoms with Crippen LogP contribution < -0.4 is 10.6 Å². The molecule has 1 heterocycles. The van der Waals surface area contributed by atoms with Gasteiger partial charge in [-0.3, -0.25) is 9.89 Å². The van der Waals surface area contributed by atoms with E-state index in [1.54, 1.807) is 24.9 Å². The fourth-order valence-electron chi connectivity index (χ4n) is 3.67. The minimum Gasteiger partial charge on any atom is -0.352 e. The molecule has 0 amide bonds. The van der Waals surface area contributed by atoms with Crippen LogP contribution in [0.15, 0.2) is 47.5 Å². The highest BCUT2D eigenvalue weighted by Gasteiger charge is 2.13. The molecule has 31 heavy (non-hydrogen) atoms. The SMILES string of the molecule is CN=C(NCc1ccc(CN2CCN(C)CC2)cc1)NCc1ccc(F)cc1CSC. The van der Waals surface area contributed by atoms with Gasteiger partial charge in [0.1, 0.15) is 5.82 Å². The third kappa shape index (κ3) is 7.52. The molecular weight excluding hydrogens is 409 g/mol. The molecule has 3 rings (SSSR count). The van der Waals surface area contributed by atoms with Gasteiger partial charge in [0.05, 0.1) is 0 Å². The van der Waals surface area contributed by atoms with Gasteiger partial charge in [-0.1, -0.05) is 30.3 Å². The highest BCUT2D eigenvalue weighted by molar-refractivity contribution is 7.97. The summed E-state index contributed by atoms with van der Waals surface area (Å²) in [5.41, 5.74) is 4.68. The number of piperazine rings is 1. The number of nitrogens with one attached hydrogen (secondary N) is 2. The van der Waals surface area contributed by atoms with Crippen molar-refractivity contribution in [2.45, 2.75) is 25.4 Å². The van der Waals surface area contributed by atoms with Gasteiger partial charge < -0.3 is 15.5 Å². The van der Waals surface area contributed by atoms with Crippen molar-refractivity contribution in [3.05, 3.63) is 70.5 Å². The summed E-state index contributed by atoms with van der Waals surface area (Å²) in [6.45, 7) is 6.88. The highest BCUT2D eigenvalue weighted by atomic mass is 32.2. The van der Waals surface area contributed by atoms with E-state index in [4.69, 9.17) is 0 Å². The van der Waals surface area contributed by atoms with Crippen LogP contribution in [0.1, 0.15) is 22.3 Å². The molecule has 0 aliphatic carbocycles. The molecule has 1 fully saturated rings.